The monoisotopic (exact) mass is 245 g/mol. The van der Waals surface area contributed by atoms with Crippen molar-refractivity contribution in [2.45, 2.75) is 63.7 Å². The first-order valence-electron chi connectivity index (χ1n) is 7.69. The molecule has 0 aromatic carbocycles. The summed E-state index contributed by atoms with van der Waals surface area (Å²) in [6.45, 7) is 2.20. The highest BCUT2D eigenvalue weighted by atomic mass is 15.2. The molecule has 0 spiro atoms. The van der Waals surface area contributed by atoms with Crippen LogP contribution in [0.3, 0.4) is 0 Å². The molecule has 0 amide bonds. The van der Waals surface area contributed by atoms with Gasteiger partial charge in [0.1, 0.15) is 5.82 Å². The van der Waals surface area contributed by atoms with Crippen molar-refractivity contribution in [1.29, 1.82) is 0 Å². The van der Waals surface area contributed by atoms with Gasteiger partial charge in [-0.1, -0.05) is 6.92 Å². The molecule has 4 bridgehead atoms. The van der Waals surface area contributed by atoms with Gasteiger partial charge in [-0.15, -0.1) is 0 Å². The minimum Gasteiger partial charge on any atom is -0.263 e. The van der Waals surface area contributed by atoms with Crippen LogP contribution < -0.4 is 0 Å². The second kappa shape index (κ2) is 3.82. The van der Waals surface area contributed by atoms with Crippen molar-refractivity contribution in [3.05, 3.63) is 11.6 Å². The molecule has 4 fully saturated rings. The topological polar surface area (TPSA) is 41.6 Å². The minimum atomic E-state index is 0.358. The Hall–Kier alpha value is -0.860. The first kappa shape index (κ1) is 11.0. The zero-order chi connectivity index (χ0) is 12.2. The summed E-state index contributed by atoms with van der Waals surface area (Å²) in [5, 5.41) is 7.76. The van der Waals surface area contributed by atoms with Gasteiger partial charge >= 0.3 is 0 Å². The Labute approximate surface area is 109 Å². The maximum Gasteiger partial charge on any atom is 0.156 e. The van der Waals surface area contributed by atoms with Crippen LogP contribution in [0.1, 0.15) is 63.5 Å². The van der Waals surface area contributed by atoms with Crippen LogP contribution in [0.4, 0.5) is 0 Å². The van der Waals surface area contributed by atoms with Crippen molar-refractivity contribution < 1.29 is 0 Å². The van der Waals surface area contributed by atoms with Crippen molar-refractivity contribution in [2.24, 2.45) is 17.8 Å². The predicted octanol–water partition coefficient (Wildman–Crippen LogP) is 3.23. The van der Waals surface area contributed by atoms with E-state index in [4.69, 9.17) is 4.98 Å². The molecule has 0 atom stereocenters. The fourth-order valence-electron chi connectivity index (χ4n) is 5.27. The van der Waals surface area contributed by atoms with E-state index in [2.05, 4.69) is 17.1 Å². The van der Waals surface area contributed by atoms with Gasteiger partial charge in [-0.2, -0.15) is 5.10 Å². The van der Waals surface area contributed by atoms with Crippen LogP contribution in [0.15, 0.2) is 0 Å². The highest BCUT2D eigenvalue weighted by Crippen LogP contribution is 2.60. The third-order valence-corrected chi connectivity index (χ3v) is 5.53. The third kappa shape index (κ3) is 1.55. The van der Waals surface area contributed by atoms with E-state index in [1.54, 1.807) is 0 Å². The van der Waals surface area contributed by atoms with Crippen LogP contribution in [0.25, 0.3) is 0 Å². The number of nitrogens with zero attached hydrogens (tertiary/aromatic N) is 2. The van der Waals surface area contributed by atoms with Crippen molar-refractivity contribution in [2.75, 3.05) is 0 Å². The molecule has 3 heteroatoms. The van der Waals surface area contributed by atoms with Gasteiger partial charge in [-0.3, -0.25) is 5.10 Å². The summed E-state index contributed by atoms with van der Waals surface area (Å²) in [6, 6.07) is 0. The standard InChI is InChI=1S/C15H23N3/c1-2-3-13-16-14(18-17-13)15-7-10-4-11(8-15)6-12(5-10)9-15/h10-12H,2-9H2,1H3,(H,16,17,18). The largest absolute Gasteiger partial charge is 0.263 e. The molecule has 0 radical (unpaired) electrons. The molecule has 0 aliphatic heterocycles. The Balaban J connectivity index is 1.66. The lowest BCUT2D eigenvalue weighted by Gasteiger charge is -2.55. The molecular formula is C15H23N3. The highest BCUT2D eigenvalue weighted by molar-refractivity contribution is 5.17. The predicted molar refractivity (Wildman–Crippen MR) is 70.2 cm³/mol. The summed E-state index contributed by atoms with van der Waals surface area (Å²) < 4.78 is 0. The van der Waals surface area contributed by atoms with E-state index in [1.807, 2.05) is 0 Å². The van der Waals surface area contributed by atoms with E-state index in [9.17, 15) is 0 Å². The zero-order valence-corrected chi connectivity index (χ0v) is 11.3. The van der Waals surface area contributed by atoms with Crippen LogP contribution in [0, 0.1) is 17.8 Å². The lowest BCUT2D eigenvalue weighted by Crippen LogP contribution is -2.49. The molecule has 4 saturated carbocycles. The number of hydrogen-bond acceptors (Lipinski definition) is 2. The van der Waals surface area contributed by atoms with E-state index in [0.29, 0.717) is 5.41 Å². The number of rotatable bonds is 3. The molecule has 18 heavy (non-hydrogen) atoms. The van der Waals surface area contributed by atoms with Gasteiger partial charge in [-0.05, 0) is 62.7 Å². The fourth-order valence-corrected chi connectivity index (χ4v) is 5.27. The van der Waals surface area contributed by atoms with Crippen molar-refractivity contribution >= 4 is 0 Å². The number of aromatic nitrogens is 3. The Morgan fingerprint density at radius 3 is 2.28 bits per heavy atom. The van der Waals surface area contributed by atoms with Gasteiger partial charge < -0.3 is 0 Å². The summed E-state index contributed by atoms with van der Waals surface area (Å²) in [4.78, 5) is 4.82. The molecule has 1 heterocycles. The SMILES string of the molecule is CCCc1nc(C23CC4CC(CC(C4)C2)C3)n[nH]1. The van der Waals surface area contributed by atoms with Gasteiger partial charge in [0.05, 0.1) is 0 Å². The summed E-state index contributed by atoms with van der Waals surface area (Å²) in [5.41, 5.74) is 0.358. The number of nitrogens with one attached hydrogen (secondary N) is 1. The van der Waals surface area contributed by atoms with Crippen molar-refractivity contribution in [3.63, 3.8) is 0 Å². The first-order chi connectivity index (χ1) is 8.77. The quantitative estimate of drug-likeness (QED) is 0.888. The second-order valence-electron chi connectivity index (χ2n) is 7.05. The average molecular weight is 245 g/mol. The molecule has 0 unspecified atom stereocenters. The van der Waals surface area contributed by atoms with Gasteiger partial charge in [0.2, 0.25) is 0 Å². The second-order valence-corrected chi connectivity index (χ2v) is 7.05. The molecule has 1 aromatic rings. The summed E-state index contributed by atoms with van der Waals surface area (Å²) in [7, 11) is 0. The molecule has 5 rings (SSSR count). The van der Waals surface area contributed by atoms with Crippen molar-refractivity contribution in [1.82, 2.24) is 15.2 Å². The van der Waals surface area contributed by atoms with E-state index in [-0.39, 0.29) is 0 Å². The number of aromatic amines is 1. The molecule has 3 nitrogen and oxygen atoms in total. The Morgan fingerprint density at radius 2 is 1.72 bits per heavy atom. The normalized spacial score (nSPS) is 41.5. The highest BCUT2D eigenvalue weighted by Gasteiger charge is 2.53. The van der Waals surface area contributed by atoms with Gasteiger partial charge in [0, 0.05) is 11.8 Å². The fraction of sp³-hybridized carbons (Fsp3) is 0.867. The van der Waals surface area contributed by atoms with Crippen molar-refractivity contribution in [3.8, 4) is 0 Å². The van der Waals surface area contributed by atoms with Gasteiger partial charge in [-0.25, -0.2) is 4.98 Å². The van der Waals surface area contributed by atoms with Crippen LogP contribution >= 0.6 is 0 Å². The van der Waals surface area contributed by atoms with Crippen LogP contribution in [0.2, 0.25) is 0 Å². The third-order valence-electron chi connectivity index (χ3n) is 5.53. The lowest BCUT2D eigenvalue weighted by molar-refractivity contribution is -0.00925. The molecule has 98 valence electrons. The molecule has 1 aromatic heterocycles. The molecule has 4 aliphatic carbocycles. The van der Waals surface area contributed by atoms with Gasteiger partial charge in [0.25, 0.3) is 0 Å². The first-order valence-corrected chi connectivity index (χ1v) is 7.69. The summed E-state index contributed by atoms with van der Waals surface area (Å²) in [5.74, 6) is 5.19. The van der Waals surface area contributed by atoms with E-state index in [0.717, 1.165) is 42.2 Å². The van der Waals surface area contributed by atoms with E-state index >= 15 is 0 Å². The Kier molecular flexibility index (Phi) is 2.33. The molecule has 4 aliphatic rings. The van der Waals surface area contributed by atoms with Gasteiger partial charge in [0.15, 0.2) is 5.82 Å². The lowest BCUT2D eigenvalue weighted by atomic mass is 9.49. The summed E-state index contributed by atoms with van der Waals surface area (Å²) in [6.07, 6.45) is 10.8. The number of H-pyrrole nitrogens is 1. The minimum absolute atomic E-state index is 0.358. The Morgan fingerprint density at radius 1 is 1.11 bits per heavy atom. The zero-order valence-electron chi connectivity index (χ0n) is 11.3. The number of hydrogen-bond donors (Lipinski definition) is 1. The maximum atomic E-state index is 4.82. The Bertz CT molecular complexity index is 413. The average Bonchev–Trinajstić information content (AvgIpc) is 2.77. The molecule has 1 N–H and O–H groups in total. The smallest absolute Gasteiger partial charge is 0.156 e. The van der Waals surface area contributed by atoms with Crippen LogP contribution in [0.5, 0.6) is 0 Å². The van der Waals surface area contributed by atoms with E-state index in [1.165, 1.54) is 38.5 Å². The van der Waals surface area contributed by atoms with E-state index < -0.39 is 0 Å². The number of aryl methyl sites for hydroxylation is 1. The summed E-state index contributed by atoms with van der Waals surface area (Å²) >= 11 is 0. The maximum absolute atomic E-state index is 4.82. The van der Waals surface area contributed by atoms with Crippen LogP contribution in [-0.2, 0) is 11.8 Å². The van der Waals surface area contributed by atoms with Crippen LogP contribution in [-0.4, -0.2) is 15.2 Å². The molecule has 0 saturated heterocycles. The molecular weight excluding hydrogens is 222 g/mol.